The van der Waals surface area contributed by atoms with E-state index >= 15 is 0 Å². The van der Waals surface area contributed by atoms with Crippen molar-refractivity contribution in [2.24, 2.45) is 11.7 Å². The van der Waals surface area contributed by atoms with Crippen LogP contribution < -0.4 is 11.1 Å². The molecule has 23 heavy (non-hydrogen) atoms. The Kier molecular flexibility index (Phi) is 9.27. The van der Waals surface area contributed by atoms with Crippen LogP contribution in [-0.4, -0.2) is 18.5 Å². The van der Waals surface area contributed by atoms with Crippen molar-refractivity contribution in [1.29, 1.82) is 0 Å². The van der Waals surface area contributed by atoms with Gasteiger partial charge in [0.05, 0.1) is 0 Å². The first-order valence-corrected chi connectivity index (χ1v) is 8.74. The van der Waals surface area contributed by atoms with Crippen LogP contribution in [0.4, 0.5) is 0 Å². The lowest BCUT2D eigenvalue weighted by molar-refractivity contribution is -0.122. The predicted molar refractivity (Wildman–Crippen MR) is 98.9 cm³/mol. The normalized spacial score (nSPS) is 20.6. The summed E-state index contributed by atoms with van der Waals surface area (Å²) in [6.45, 7) is 2.80. The highest BCUT2D eigenvalue weighted by atomic mass is 35.5. The van der Waals surface area contributed by atoms with Crippen LogP contribution in [0.25, 0.3) is 0 Å². The maximum absolute atomic E-state index is 12.1. The Labute approximate surface area is 146 Å². The number of amides is 1. The zero-order chi connectivity index (χ0) is 15.8. The molecule has 1 aromatic rings. The second-order valence-electron chi connectivity index (χ2n) is 6.65. The number of nitrogens with one attached hydrogen (secondary N) is 1. The Balaban J connectivity index is 0.00000264. The van der Waals surface area contributed by atoms with Gasteiger partial charge in [-0.1, -0.05) is 42.7 Å². The fourth-order valence-corrected chi connectivity index (χ4v) is 3.33. The van der Waals surface area contributed by atoms with E-state index in [1.54, 1.807) is 0 Å². The molecule has 1 fully saturated rings. The lowest BCUT2D eigenvalue weighted by Gasteiger charge is -2.31. The topological polar surface area (TPSA) is 55.1 Å². The third-order valence-electron chi connectivity index (χ3n) is 4.80. The van der Waals surface area contributed by atoms with Gasteiger partial charge in [0.1, 0.15) is 0 Å². The molecular formula is C19H31ClN2O. The van der Waals surface area contributed by atoms with Crippen molar-refractivity contribution in [3.63, 3.8) is 0 Å². The molecule has 0 saturated heterocycles. The molecule has 0 heterocycles. The summed E-state index contributed by atoms with van der Waals surface area (Å²) in [6, 6.07) is 8.98. The van der Waals surface area contributed by atoms with Crippen molar-refractivity contribution >= 4 is 18.3 Å². The lowest BCUT2D eigenvalue weighted by atomic mass is 9.84. The quantitative estimate of drug-likeness (QED) is 0.744. The van der Waals surface area contributed by atoms with Gasteiger partial charge in [-0.3, -0.25) is 4.79 Å². The van der Waals surface area contributed by atoms with Gasteiger partial charge in [-0.15, -0.1) is 12.4 Å². The number of hydrogen-bond donors (Lipinski definition) is 2. The van der Waals surface area contributed by atoms with Gasteiger partial charge in [0, 0.05) is 12.5 Å². The largest absolute Gasteiger partial charge is 0.353 e. The second-order valence-corrected chi connectivity index (χ2v) is 6.65. The first-order chi connectivity index (χ1) is 10.7. The van der Waals surface area contributed by atoms with Crippen LogP contribution >= 0.6 is 12.4 Å². The minimum absolute atomic E-state index is 0. The van der Waals surface area contributed by atoms with E-state index < -0.39 is 0 Å². The van der Waals surface area contributed by atoms with Crippen molar-refractivity contribution in [3.8, 4) is 0 Å². The first-order valence-electron chi connectivity index (χ1n) is 8.74. The van der Waals surface area contributed by atoms with E-state index in [2.05, 4.69) is 36.5 Å². The fourth-order valence-electron chi connectivity index (χ4n) is 3.33. The Morgan fingerprint density at radius 2 is 1.87 bits per heavy atom. The molecule has 1 aliphatic rings. The van der Waals surface area contributed by atoms with Gasteiger partial charge in [0.25, 0.3) is 0 Å². The number of aryl methyl sites for hydroxylation is 2. The van der Waals surface area contributed by atoms with E-state index in [0.29, 0.717) is 24.9 Å². The smallest absolute Gasteiger partial charge is 0.220 e. The van der Waals surface area contributed by atoms with Crippen molar-refractivity contribution in [2.45, 2.75) is 64.3 Å². The zero-order valence-corrected chi connectivity index (χ0v) is 15.0. The molecule has 2 unspecified atom stereocenters. The summed E-state index contributed by atoms with van der Waals surface area (Å²) in [6.07, 6.45) is 8.45. The van der Waals surface area contributed by atoms with Gasteiger partial charge in [0.2, 0.25) is 5.91 Å². The molecule has 4 heteroatoms. The van der Waals surface area contributed by atoms with Crippen molar-refractivity contribution in [3.05, 3.63) is 35.4 Å². The highest BCUT2D eigenvalue weighted by molar-refractivity contribution is 5.85. The first kappa shape index (κ1) is 20.0. The molecule has 1 aromatic carbocycles. The zero-order valence-electron chi connectivity index (χ0n) is 14.2. The summed E-state index contributed by atoms with van der Waals surface area (Å²) in [5.41, 5.74) is 8.47. The molecule has 2 atom stereocenters. The standard InChI is InChI=1S/C19H30N2O.ClH/c1-15-10-12-16(13-11-15)6-2-5-9-19(22)21-18-8-4-3-7-17(18)14-20;/h10-13,17-18H,2-9,14,20H2,1H3,(H,21,22);1H. The molecule has 0 bridgehead atoms. The second kappa shape index (κ2) is 10.7. The Morgan fingerprint density at radius 1 is 1.17 bits per heavy atom. The summed E-state index contributed by atoms with van der Waals surface area (Å²) in [7, 11) is 0. The summed E-state index contributed by atoms with van der Waals surface area (Å²) in [4.78, 5) is 12.1. The predicted octanol–water partition coefficient (Wildman–Crippen LogP) is 3.76. The average Bonchev–Trinajstić information content (AvgIpc) is 2.54. The molecule has 0 radical (unpaired) electrons. The van der Waals surface area contributed by atoms with Crippen LogP contribution in [0, 0.1) is 12.8 Å². The SMILES string of the molecule is Cc1ccc(CCCCC(=O)NC2CCCCC2CN)cc1.Cl. The van der Waals surface area contributed by atoms with Crippen LogP contribution in [0.3, 0.4) is 0 Å². The van der Waals surface area contributed by atoms with E-state index in [9.17, 15) is 4.79 Å². The minimum Gasteiger partial charge on any atom is -0.353 e. The van der Waals surface area contributed by atoms with E-state index in [1.165, 1.54) is 24.0 Å². The van der Waals surface area contributed by atoms with Crippen LogP contribution in [-0.2, 0) is 11.2 Å². The van der Waals surface area contributed by atoms with Crippen molar-refractivity contribution in [2.75, 3.05) is 6.54 Å². The maximum Gasteiger partial charge on any atom is 0.220 e. The van der Waals surface area contributed by atoms with Crippen molar-refractivity contribution < 1.29 is 4.79 Å². The number of carbonyl (C=O) groups is 1. The van der Waals surface area contributed by atoms with Crippen LogP contribution in [0.15, 0.2) is 24.3 Å². The number of hydrogen-bond acceptors (Lipinski definition) is 2. The molecule has 1 amide bonds. The fraction of sp³-hybridized carbons (Fsp3) is 0.632. The van der Waals surface area contributed by atoms with Gasteiger partial charge in [0.15, 0.2) is 0 Å². The molecule has 1 saturated carbocycles. The molecule has 2 rings (SSSR count). The third-order valence-corrected chi connectivity index (χ3v) is 4.80. The van der Waals surface area contributed by atoms with Gasteiger partial charge in [-0.2, -0.15) is 0 Å². The number of carbonyl (C=O) groups excluding carboxylic acids is 1. The Bertz CT molecular complexity index is 461. The molecule has 0 aromatic heterocycles. The van der Waals surface area contributed by atoms with E-state index in [4.69, 9.17) is 5.73 Å². The van der Waals surface area contributed by atoms with Crippen LogP contribution in [0.2, 0.25) is 0 Å². The summed E-state index contributed by atoms with van der Waals surface area (Å²) >= 11 is 0. The number of halogens is 1. The molecule has 130 valence electrons. The molecule has 3 N–H and O–H groups in total. The highest BCUT2D eigenvalue weighted by Gasteiger charge is 2.24. The maximum atomic E-state index is 12.1. The number of benzene rings is 1. The average molecular weight is 339 g/mol. The Morgan fingerprint density at radius 3 is 2.57 bits per heavy atom. The lowest BCUT2D eigenvalue weighted by Crippen LogP contribution is -2.44. The molecule has 0 aliphatic heterocycles. The van der Waals surface area contributed by atoms with Gasteiger partial charge in [-0.25, -0.2) is 0 Å². The van der Waals surface area contributed by atoms with Crippen LogP contribution in [0.5, 0.6) is 0 Å². The van der Waals surface area contributed by atoms with E-state index in [1.807, 2.05) is 0 Å². The molecule has 1 aliphatic carbocycles. The summed E-state index contributed by atoms with van der Waals surface area (Å²) in [5.74, 6) is 0.680. The summed E-state index contributed by atoms with van der Waals surface area (Å²) < 4.78 is 0. The molecular weight excluding hydrogens is 308 g/mol. The highest BCUT2D eigenvalue weighted by Crippen LogP contribution is 2.23. The minimum atomic E-state index is 0. The van der Waals surface area contributed by atoms with Gasteiger partial charge >= 0.3 is 0 Å². The van der Waals surface area contributed by atoms with Gasteiger partial charge in [-0.05, 0) is 57.1 Å². The van der Waals surface area contributed by atoms with Gasteiger partial charge < -0.3 is 11.1 Å². The number of rotatable bonds is 7. The van der Waals surface area contributed by atoms with E-state index in [-0.39, 0.29) is 18.3 Å². The third kappa shape index (κ3) is 6.92. The Hall–Kier alpha value is -1.06. The number of nitrogens with two attached hydrogens (primary N) is 1. The molecule has 3 nitrogen and oxygen atoms in total. The summed E-state index contributed by atoms with van der Waals surface area (Å²) in [5, 5.41) is 3.21. The number of unbranched alkanes of at least 4 members (excludes halogenated alkanes) is 1. The molecule has 0 spiro atoms. The van der Waals surface area contributed by atoms with E-state index in [0.717, 1.165) is 32.1 Å². The van der Waals surface area contributed by atoms with Crippen LogP contribution in [0.1, 0.15) is 56.1 Å². The monoisotopic (exact) mass is 338 g/mol. The van der Waals surface area contributed by atoms with Crippen molar-refractivity contribution in [1.82, 2.24) is 5.32 Å².